The number of nitrogens with zero attached hydrogens (tertiary/aromatic N) is 3. The van der Waals surface area contributed by atoms with Gasteiger partial charge in [-0.25, -0.2) is 4.98 Å². The van der Waals surface area contributed by atoms with Gasteiger partial charge in [-0.05, 0) is 13.0 Å². The summed E-state index contributed by atoms with van der Waals surface area (Å²) in [6, 6.07) is 5.47. The topological polar surface area (TPSA) is 113 Å². The summed E-state index contributed by atoms with van der Waals surface area (Å²) in [4.78, 5) is 18.2. The van der Waals surface area contributed by atoms with Gasteiger partial charge in [-0.3, -0.25) is 10.1 Å². The van der Waals surface area contributed by atoms with Crippen molar-refractivity contribution in [1.29, 1.82) is 0 Å². The number of ether oxygens (including phenoxy) is 2. The Morgan fingerprint density at radius 1 is 1.25 bits per heavy atom. The molecule has 1 aromatic heterocycles. The van der Waals surface area contributed by atoms with E-state index >= 15 is 0 Å². The van der Waals surface area contributed by atoms with E-state index in [4.69, 9.17) is 15.2 Å². The number of anilines is 1. The zero-order valence-electron chi connectivity index (χ0n) is 10.9. The number of hydrogen-bond acceptors (Lipinski definition) is 7. The summed E-state index contributed by atoms with van der Waals surface area (Å²) in [6.07, 6.45) is 0. The number of aromatic nitrogens is 2. The van der Waals surface area contributed by atoms with Gasteiger partial charge in [0.15, 0.2) is 11.5 Å². The van der Waals surface area contributed by atoms with Crippen LogP contribution < -0.4 is 15.2 Å². The molecule has 8 nitrogen and oxygen atoms in total. The smallest absolute Gasteiger partial charge is 0.273 e. The molecule has 1 aromatic carbocycles. The van der Waals surface area contributed by atoms with Crippen LogP contribution in [0.15, 0.2) is 24.3 Å². The van der Waals surface area contributed by atoms with Gasteiger partial charge in [0.2, 0.25) is 5.88 Å². The van der Waals surface area contributed by atoms with Gasteiger partial charge in [0.05, 0.1) is 18.1 Å². The van der Waals surface area contributed by atoms with Crippen LogP contribution in [0.25, 0.3) is 0 Å². The number of nitro benzene ring substituents is 1. The van der Waals surface area contributed by atoms with Crippen molar-refractivity contribution in [1.82, 2.24) is 9.97 Å². The predicted molar refractivity (Wildman–Crippen MR) is 70.9 cm³/mol. The van der Waals surface area contributed by atoms with Gasteiger partial charge < -0.3 is 15.2 Å². The number of methoxy groups -OCH3 is 1. The number of nitro groups is 1. The maximum Gasteiger partial charge on any atom is 0.273 e. The van der Waals surface area contributed by atoms with Crippen molar-refractivity contribution >= 4 is 11.5 Å². The lowest BCUT2D eigenvalue weighted by Crippen LogP contribution is -1.99. The monoisotopic (exact) mass is 276 g/mol. The van der Waals surface area contributed by atoms with Crippen molar-refractivity contribution in [2.24, 2.45) is 0 Å². The average molecular weight is 276 g/mol. The Morgan fingerprint density at radius 2 is 2.00 bits per heavy atom. The Bertz CT molecular complexity index is 640. The Kier molecular flexibility index (Phi) is 3.65. The van der Waals surface area contributed by atoms with E-state index < -0.39 is 4.92 Å². The lowest BCUT2D eigenvalue weighted by Gasteiger charge is -2.09. The maximum absolute atomic E-state index is 10.7. The molecule has 0 unspecified atom stereocenters. The van der Waals surface area contributed by atoms with E-state index in [-0.39, 0.29) is 23.1 Å². The summed E-state index contributed by atoms with van der Waals surface area (Å²) < 4.78 is 10.6. The molecule has 0 aliphatic heterocycles. The first kappa shape index (κ1) is 13.5. The molecule has 0 bridgehead atoms. The second-order valence-electron chi connectivity index (χ2n) is 3.87. The van der Waals surface area contributed by atoms with Crippen LogP contribution in [0.2, 0.25) is 0 Å². The molecule has 2 rings (SSSR count). The van der Waals surface area contributed by atoms with E-state index in [2.05, 4.69) is 9.97 Å². The molecule has 0 saturated heterocycles. The normalized spacial score (nSPS) is 10.1. The minimum Gasteiger partial charge on any atom is -0.493 e. The third kappa shape index (κ3) is 2.91. The van der Waals surface area contributed by atoms with Crippen LogP contribution in [-0.2, 0) is 0 Å². The zero-order valence-corrected chi connectivity index (χ0v) is 10.9. The van der Waals surface area contributed by atoms with Crippen LogP contribution in [0.4, 0.5) is 11.5 Å². The van der Waals surface area contributed by atoms with Gasteiger partial charge in [0, 0.05) is 12.1 Å². The lowest BCUT2D eigenvalue weighted by molar-refractivity contribution is -0.384. The molecule has 0 saturated carbocycles. The van der Waals surface area contributed by atoms with E-state index in [1.807, 2.05) is 0 Å². The zero-order chi connectivity index (χ0) is 14.7. The van der Waals surface area contributed by atoms with E-state index in [0.29, 0.717) is 11.6 Å². The summed E-state index contributed by atoms with van der Waals surface area (Å²) in [5, 5.41) is 10.7. The van der Waals surface area contributed by atoms with Gasteiger partial charge in [-0.15, -0.1) is 0 Å². The fourth-order valence-electron chi connectivity index (χ4n) is 1.58. The summed E-state index contributed by atoms with van der Waals surface area (Å²) >= 11 is 0. The second kappa shape index (κ2) is 5.39. The average Bonchev–Trinajstić information content (AvgIpc) is 2.37. The Morgan fingerprint density at radius 3 is 2.60 bits per heavy atom. The number of benzene rings is 1. The molecule has 0 spiro atoms. The molecule has 0 fully saturated rings. The highest BCUT2D eigenvalue weighted by molar-refractivity contribution is 5.50. The highest BCUT2D eigenvalue weighted by Crippen LogP contribution is 2.34. The molecule has 2 aromatic rings. The molecular weight excluding hydrogens is 264 g/mol. The Hall–Kier alpha value is -2.90. The highest BCUT2D eigenvalue weighted by Gasteiger charge is 2.13. The summed E-state index contributed by atoms with van der Waals surface area (Å²) in [6.45, 7) is 1.68. The Balaban J connectivity index is 2.35. The standard InChI is InChI=1S/C12H12N4O4/c1-7-14-11(13)6-12(15-7)20-9-4-3-8(16(17)18)5-10(9)19-2/h3-6H,1-2H3,(H2,13,14,15). The van der Waals surface area contributed by atoms with Gasteiger partial charge in [0.1, 0.15) is 11.6 Å². The van der Waals surface area contributed by atoms with E-state index in [1.54, 1.807) is 6.92 Å². The van der Waals surface area contributed by atoms with Crippen LogP contribution in [0.3, 0.4) is 0 Å². The molecule has 0 amide bonds. The summed E-state index contributed by atoms with van der Waals surface area (Å²) in [5.41, 5.74) is 5.51. The minimum absolute atomic E-state index is 0.0902. The molecule has 0 atom stereocenters. The summed E-state index contributed by atoms with van der Waals surface area (Å²) in [5.74, 6) is 1.50. The van der Waals surface area contributed by atoms with Gasteiger partial charge in [-0.1, -0.05) is 0 Å². The first-order valence-electron chi connectivity index (χ1n) is 5.61. The molecule has 2 N–H and O–H groups in total. The highest BCUT2D eigenvalue weighted by atomic mass is 16.6. The third-order valence-electron chi connectivity index (χ3n) is 2.41. The number of non-ortho nitro benzene ring substituents is 1. The first-order valence-corrected chi connectivity index (χ1v) is 5.61. The first-order chi connectivity index (χ1) is 9.49. The van der Waals surface area contributed by atoms with Gasteiger partial charge in [-0.2, -0.15) is 4.98 Å². The van der Waals surface area contributed by atoms with Crippen molar-refractivity contribution in [3.05, 3.63) is 40.2 Å². The van der Waals surface area contributed by atoms with Crippen molar-refractivity contribution < 1.29 is 14.4 Å². The fourth-order valence-corrected chi connectivity index (χ4v) is 1.58. The lowest BCUT2D eigenvalue weighted by atomic mass is 10.3. The number of rotatable bonds is 4. The molecule has 1 heterocycles. The van der Waals surface area contributed by atoms with E-state index in [1.165, 1.54) is 31.4 Å². The molecule has 0 aliphatic rings. The van der Waals surface area contributed by atoms with Crippen molar-refractivity contribution in [2.75, 3.05) is 12.8 Å². The third-order valence-corrected chi connectivity index (χ3v) is 2.41. The van der Waals surface area contributed by atoms with E-state index in [0.717, 1.165) is 0 Å². The number of nitrogen functional groups attached to an aromatic ring is 1. The van der Waals surface area contributed by atoms with Crippen molar-refractivity contribution in [3.63, 3.8) is 0 Å². The van der Waals surface area contributed by atoms with Crippen LogP contribution in [0, 0.1) is 17.0 Å². The largest absolute Gasteiger partial charge is 0.493 e. The molecule has 0 aliphatic carbocycles. The SMILES string of the molecule is COc1cc([N+](=O)[O-])ccc1Oc1cc(N)nc(C)n1. The van der Waals surface area contributed by atoms with Gasteiger partial charge in [0.25, 0.3) is 5.69 Å². The van der Waals surface area contributed by atoms with Crippen molar-refractivity contribution in [2.45, 2.75) is 6.92 Å². The van der Waals surface area contributed by atoms with Crippen LogP contribution in [0.5, 0.6) is 17.4 Å². The quantitative estimate of drug-likeness (QED) is 0.671. The van der Waals surface area contributed by atoms with Crippen LogP contribution >= 0.6 is 0 Å². The van der Waals surface area contributed by atoms with Crippen LogP contribution in [0.1, 0.15) is 5.82 Å². The van der Waals surface area contributed by atoms with E-state index in [9.17, 15) is 10.1 Å². The molecule has 8 heteroatoms. The van der Waals surface area contributed by atoms with Gasteiger partial charge >= 0.3 is 0 Å². The molecule has 20 heavy (non-hydrogen) atoms. The fraction of sp³-hybridized carbons (Fsp3) is 0.167. The number of hydrogen-bond donors (Lipinski definition) is 1. The molecular formula is C12H12N4O4. The summed E-state index contributed by atoms with van der Waals surface area (Å²) in [7, 11) is 1.39. The minimum atomic E-state index is -0.515. The Labute approximate surface area is 114 Å². The molecule has 104 valence electrons. The second-order valence-corrected chi connectivity index (χ2v) is 3.87. The molecule has 0 radical (unpaired) electrons. The number of aryl methyl sites for hydroxylation is 1. The predicted octanol–water partition coefficient (Wildman–Crippen LogP) is 2.08. The maximum atomic E-state index is 10.7. The number of nitrogens with two attached hydrogens (primary N) is 1. The van der Waals surface area contributed by atoms with Crippen LogP contribution in [-0.4, -0.2) is 22.0 Å². The van der Waals surface area contributed by atoms with Crippen molar-refractivity contribution in [3.8, 4) is 17.4 Å².